The summed E-state index contributed by atoms with van der Waals surface area (Å²) in [5.41, 5.74) is 0. The summed E-state index contributed by atoms with van der Waals surface area (Å²) in [5.74, 6) is 2.77. The first-order valence-electron chi connectivity index (χ1n) is 7.27. The fourth-order valence-electron chi connectivity index (χ4n) is 2.61. The predicted octanol–water partition coefficient (Wildman–Crippen LogP) is 3.51. The first-order chi connectivity index (χ1) is 8.67. The van der Waals surface area contributed by atoms with E-state index in [1.54, 1.807) is 0 Å². The maximum absolute atomic E-state index is 4.53. The zero-order chi connectivity index (χ0) is 13.4. The standard InChI is InChI=1S/C15H29N3.HI/c1-5-11-17-15(16-6-2)18(4)12-14-9-7-13(3)8-10-14;/h5,13-14H,1,6-12H2,2-4H3,(H,16,17);1H. The van der Waals surface area contributed by atoms with Crippen molar-refractivity contribution in [1.29, 1.82) is 0 Å². The van der Waals surface area contributed by atoms with Crippen LogP contribution in [-0.2, 0) is 0 Å². The van der Waals surface area contributed by atoms with E-state index in [9.17, 15) is 0 Å². The molecule has 1 saturated carbocycles. The molecule has 0 aliphatic heterocycles. The van der Waals surface area contributed by atoms with Crippen LogP contribution in [0.3, 0.4) is 0 Å². The fraction of sp³-hybridized carbons (Fsp3) is 0.800. The molecule has 0 heterocycles. The van der Waals surface area contributed by atoms with E-state index in [0.717, 1.165) is 30.9 Å². The van der Waals surface area contributed by atoms with Crippen LogP contribution in [0.15, 0.2) is 17.6 Å². The molecule has 1 fully saturated rings. The third-order valence-corrected chi connectivity index (χ3v) is 3.73. The molecular weight excluding hydrogens is 349 g/mol. The van der Waals surface area contributed by atoms with Crippen LogP contribution in [0.2, 0.25) is 0 Å². The zero-order valence-electron chi connectivity index (χ0n) is 12.7. The lowest BCUT2D eigenvalue weighted by molar-refractivity contribution is 0.250. The highest BCUT2D eigenvalue weighted by Crippen LogP contribution is 2.28. The Morgan fingerprint density at radius 1 is 1.37 bits per heavy atom. The Kier molecular flexibility index (Phi) is 10.4. The number of hydrogen-bond acceptors (Lipinski definition) is 1. The Bertz CT molecular complexity index is 271. The molecule has 0 bridgehead atoms. The van der Waals surface area contributed by atoms with E-state index >= 15 is 0 Å². The molecule has 0 unspecified atom stereocenters. The van der Waals surface area contributed by atoms with Crippen LogP contribution >= 0.6 is 24.0 Å². The molecule has 0 aromatic heterocycles. The average Bonchev–Trinajstić information content (AvgIpc) is 2.37. The lowest BCUT2D eigenvalue weighted by Crippen LogP contribution is -2.41. The first kappa shape index (κ1) is 18.7. The van der Waals surface area contributed by atoms with Gasteiger partial charge >= 0.3 is 0 Å². The minimum atomic E-state index is 0. The second-order valence-corrected chi connectivity index (χ2v) is 5.49. The van der Waals surface area contributed by atoms with Crippen LogP contribution in [0.1, 0.15) is 39.5 Å². The summed E-state index contributed by atoms with van der Waals surface area (Å²) in [7, 11) is 2.14. The van der Waals surface area contributed by atoms with Crippen molar-refractivity contribution in [3.05, 3.63) is 12.7 Å². The van der Waals surface area contributed by atoms with Gasteiger partial charge in [0.05, 0.1) is 6.54 Å². The van der Waals surface area contributed by atoms with Crippen molar-refractivity contribution in [2.45, 2.75) is 39.5 Å². The summed E-state index contributed by atoms with van der Waals surface area (Å²) in [6, 6.07) is 0. The van der Waals surface area contributed by atoms with E-state index in [2.05, 4.69) is 42.7 Å². The van der Waals surface area contributed by atoms with E-state index in [1.807, 2.05) is 6.08 Å². The molecule has 112 valence electrons. The first-order valence-corrected chi connectivity index (χ1v) is 7.27. The average molecular weight is 379 g/mol. The van der Waals surface area contributed by atoms with Gasteiger partial charge < -0.3 is 10.2 Å². The van der Waals surface area contributed by atoms with Crippen LogP contribution in [0.5, 0.6) is 0 Å². The SMILES string of the molecule is C=CCN=C(NCC)N(C)CC1CCC(C)CC1.I. The highest BCUT2D eigenvalue weighted by atomic mass is 127. The Labute approximate surface area is 136 Å². The molecule has 0 amide bonds. The number of rotatable bonds is 5. The molecule has 1 rings (SSSR count). The van der Waals surface area contributed by atoms with E-state index in [1.165, 1.54) is 25.7 Å². The van der Waals surface area contributed by atoms with Gasteiger partial charge in [-0.15, -0.1) is 30.6 Å². The van der Waals surface area contributed by atoms with Gasteiger partial charge in [0.25, 0.3) is 0 Å². The number of halogens is 1. The summed E-state index contributed by atoms with van der Waals surface area (Å²) >= 11 is 0. The Morgan fingerprint density at radius 3 is 2.53 bits per heavy atom. The summed E-state index contributed by atoms with van der Waals surface area (Å²) in [5, 5.41) is 3.34. The van der Waals surface area contributed by atoms with Crippen molar-refractivity contribution in [3.8, 4) is 0 Å². The third kappa shape index (κ3) is 7.18. The second-order valence-electron chi connectivity index (χ2n) is 5.49. The molecule has 0 aromatic rings. The van der Waals surface area contributed by atoms with Gasteiger partial charge in [-0.1, -0.05) is 25.8 Å². The predicted molar refractivity (Wildman–Crippen MR) is 95.3 cm³/mol. The van der Waals surface area contributed by atoms with Gasteiger partial charge in [0.2, 0.25) is 0 Å². The number of guanidine groups is 1. The van der Waals surface area contributed by atoms with Gasteiger partial charge in [0.1, 0.15) is 0 Å². The molecule has 0 radical (unpaired) electrons. The van der Waals surface area contributed by atoms with E-state index in [4.69, 9.17) is 0 Å². The van der Waals surface area contributed by atoms with Gasteiger partial charge in [0, 0.05) is 20.1 Å². The molecule has 3 nitrogen and oxygen atoms in total. The zero-order valence-corrected chi connectivity index (χ0v) is 15.0. The lowest BCUT2D eigenvalue weighted by atomic mass is 9.83. The van der Waals surface area contributed by atoms with Crippen LogP contribution in [0.25, 0.3) is 0 Å². The summed E-state index contributed by atoms with van der Waals surface area (Å²) < 4.78 is 0. The van der Waals surface area contributed by atoms with Crippen molar-refractivity contribution in [2.75, 3.05) is 26.7 Å². The van der Waals surface area contributed by atoms with Crippen molar-refractivity contribution in [3.63, 3.8) is 0 Å². The normalized spacial score (nSPS) is 23.4. The molecule has 1 aliphatic carbocycles. The van der Waals surface area contributed by atoms with Crippen molar-refractivity contribution in [1.82, 2.24) is 10.2 Å². The number of aliphatic imine (C=N–C) groups is 1. The van der Waals surface area contributed by atoms with Gasteiger partial charge in [-0.05, 0) is 31.6 Å². The second kappa shape index (κ2) is 10.5. The van der Waals surface area contributed by atoms with Crippen molar-refractivity contribution < 1.29 is 0 Å². The molecule has 0 aromatic carbocycles. The molecule has 0 spiro atoms. The summed E-state index contributed by atoms with van der Waals surface area (Å²) in [4.78, 5) is 6.80. The Balaban J connectivity index is 0.00000324. The lowest BCUT2D eigenvalue weighted by Gasteiger charge is -2.31. The van der Waals surface area contributed by atoms with E-state index in [-0.39, 0.29) is 24.0 Å². The van der Waals surface area contributed by atoms with Crippen molar-refractivity contribution >= 4 is 29.9 Å². The van der Waals surface area contributed by atoms with Gasteiger partial charge in [-0.25, -0.2) is 4.99 Å². The number of hydrogen-bond donors (Lipinski definition) is 1. The molecule has 0 saturated heterocycles. The minimum absolute atomic E-state index is 0. The van der Waals surface area contributed by atoms with E-state index in [0.29, 0.717) is 6.54 Å². The smallest absolute Gasteiger partial charge is 0.193 e. The van der Waals surface area contributed by atoms with Crippen molar-refractivity contribution in [2.24, 2.45) is 16.8 Å². The van der Waals surface area contributed by atoms with Gasteiger partial charge in [-0.3, -0.25) is 0 Å². The van der Waals surface area contributed by atoms with Gasteiger partial charge in [0.15, 0.2) is 5.96 Å². The third-order valence-electron chi connectivity index (χ3n) is 3.73. The maximum Gasteiger partial charge on any atom is 0.193 e. The highest BCUT2D eigenvalue weighted by Gasteiger charge is 2.20. The summed E-state index contributed by atoms with van der Waals surface area (Å²) in [6.07, 6.45) is 7.35. The molecule has 0 atom stereocenters. The van der Waals surface area contributed by atoms with Gasteiger partial charge in [-0.2, -0.15) is 0 Å². The highest BCUT2D eigenvalue weighted by molar-refractivity contribution is 14.0. The van der Waals surface area contributed by atoms with Crippen LogP contribution < -0.4 is 5.32 Å². The molecule has 4 heteroatoms. The Hall–Kier alpha value is -0.260. The molecule has 1 N–H and O–H groups in total. The largest absolute Gasteiger partial charge is 0.357 e. The minimum Gasteiger partial charge on any atom is -0.357 e. The number of nitrogens with zero attached hydrogens (tertiary/aromatic N) is 2. The number of nitrogens with one attached hydrogen (secondary N) is 1. The molecular formula is C15H30IN3. The molecule has 19 heavy (non-hydrogen) atoms. The quantitative estimate of drug-likeness (QED) is 0.343. The van der Waals surface area contributed by atoms with Crippen LogP contribution in [0, 0.1) is 11.8 Å². The van der Waals surface area contributed by atoms with E-state index < -0.39 is 0 Å². The molecule has 1 aliphatic rings. The summed E-state index contributed by atoms with van der Waals surface area (Å²) in [6.45, 7) is 10.9. The topological polar surface area (TPSA) is 27.6 Å². The van der Waals surface area contributed by atoms with Crippen LogP contribution in [0.4, 0.5) is 0 Å². The fourth-order valence-corrected chi connectivity index (χ4v) is 2.61. The monoisotopic (exact) mass is 379 g/mol. The Morgan fingerprint density at radius 2 is 2.00 bits per heavy atom. The maximum atomic E-state index is 4.53. The van der Waals surface area contributed by atoms with Crippen LogP contribution in [-0.4, -0.2) is 37.5 Å².